The van der Waals surface area contributed by atoms with Crippen LogP contribution in [-0.4, -0.2) is 29.8 Å². The van der Waals surface area contributed by atoms with Crippen molar-refractivity contribution in [3.05, 3.63) is 34.0 Å². The van der Waals surface area contributed by atoms with Gasteiger partial charge in [-0.3, -0.25) is 0 Å². The molecular weight excluding hydrogens is 286 g/mol. The summed E-state index contributed by atoms with van der Waals surface area (Å²) in [6.07, 6.45) is 1.90. The Kier molecular flexibility index (Phi) is 4.50. The fourth-order valence-electron chi connectivity index (χ4n) is 2.06. The number of rotatable bonds is 3. The van der Waals surface area contributed by atoms with Gasteiger partial charge < -0.3 is 15.0 Å². The first-order valence-corrected chi connectivity index (χ1v) is 7.43. The summed E-state index contributed by atoms with van der Waals surface area (Å²) in [6, 6.07) is 3.83. The minimum atomic E-state index is -0.461. The molecule has 1 aromatic rings. The first-order valence-electron chi connectivity index (χ1n) is 7.05. The number of nitrogens with two attached hydrogens (primary N) is 1. The maximum atomic E-state index is 6.17. The van der Waals surface area contributed by atoms with Crippen molar-refractivity contribution < 1.29 is 9.31 Å². The Bertz CT molecular complexity index is 557. The van der Waals surface area contributed by atoms with Crippen LogP contribution in [0.4, 0.5) is 0 Å². The monoisotopic (exact) mass is 308 g/mol. The Morgan fingerprint density at radius 1 is 1.29 bits per heavy atom. The molecule has 1 fully saturated rings. The highest BCUT2D eigenvalue weighted by atomic mass is 35.5. The summed E-state index contributed by atoms with van der Waals surface area (Å²) in [6.45, 7) is 10.3. The molecule has 0 unspecified atom stereocenters. The molecule has 0 atom stereocenters. The van der Waals surface area contributed by atoms with E-state index in [1.165, 1.54) is 0 Å². The number of hydrogen-bond acceptors (Lipinski definition) is 4. The largest absolute Gasteiger partial charge is 0.491 e. The minimum absolute atomic E-state index is 0.334. The van der Waals surface area contributed by atoms with Gasteiger partial charge >= 0.3 is 7.12 Å². The number of halogens is 1. The van der Waals surface area contributed by atoms with Gasteiger partial charge in [0.25, 0.3) is 0 Å². The van der Waals surface area contributed by atoms with Crippen molar-refractivity contribution in [2.45, 2.75) is 45.8 Å². The highest BCUT2D eigenvalue weighted by Gasteiger charge is 2.52. The van der Waals surface area contributed by atoms with Crippen molar-refractivity contribution in [2.24, 2.45) is 5.73 Å². The van der Waals surface area contributed by atoms with Crippen molar-refractivity contribution in [2.75, 3.05) is 6.54 Å². The molecule has 4 nitrogen and oxygen atoms in total. The quantitative estimate of drug-likeness (QED) is 0.689. The van der Waals surface area contributed by atoms with Crippen molar-refractivity contribution in [1.29, 1.82) is 0 Å². The molecule has 0 bridgehead atoms. The lowest BCUT2D eigenvalue weighted by Crippen LogP contribution is -2.41. The van der Waals surface area contributed by atoms with Gasteiger partial charge in [0.15, 0.2) is 0 Å². The molecule has 2 N–H and O–H groups in total. The van der Waals surface area contributed by atoms with E-state index in [1.54, 1.807) is 0 Å². The van der Waals surface area contributed by atoms with Gasteiger partial charge in [0.05, 0.1) is 11.2 Å². The maximum absolute atomic E-state index is 6.17. The number of hydrogen-bond donors (Lipinski definition) is 1. The maximum Gasteiger partial charge on any atom is 0.491 e. The van der Waals surface area contributed by atoms with E-state index in [1.807, 2.05) is 52.8 Å². The lowest BCUT2D eigenvalue weighted by atomic mass is 9.77. The zero-order chi connectivity index (χ0) is 15.8. The van der Waals surface area contributed by atoms with Gasteiger partial charge in [-0.25, -0.2) is 4.98 Å². The van der Waals surface area contributed by atoms with Crippen LogP contribution >= 0.6 is 11.6 Å². The Labute approximate surface area is 131 Å². The van der Waals surface area contributed by atoms with Crippen LogP contribution in [0.5, 0.6) is 0 Å². The van der Waals surface area contributed by atoms with E-state index in [9.17, 15) is 0 Å². The molecule has 0 aliphatic carbocycles. The molecule has 0 saturated carbocycles. The zero-order valence-corrected chi connectivity index (χ0v) is 14.0. The highest BCUT2D eigenvalue weighted by Crippen LogP contribution is 2.38. The highest BCUT2D eigenvalue weighted by molar-refractivity contribution is 6.56. The predicted octanol–water partition coefficient (Wildman–Crippen LogP) is 3.02. The molecular formula is C15H22BClN2O2. The van der Waals surface area contributed by atoms with Crippen LogP contribution in [0.1, 0.15) is 39.0 Å². The number of aryl methyl sites for hydroxylation is 1. The van der Waals surface area contributed by atoms with Crippen molar-refractivity contribution in [3.63, 3.8) is 0 Å². The van der Waals surface area contributed by atoms with Gasteiger partial charge in [-0.2, -0.15) is 0 Å². The van der Waals surface area contributed by atoms with Crippen molar-refractivity contribution >= 4 is 24.8 Å². The van der Waals surface area contributed by atoms with Crippen molar-refractivity contribution in [1.82, 2.24) is 4.98 Å². The van der Waals surface area contributed by atoms with Crippen LogP contribution < -0.4 is 5.73 Å². The Hall–Kier alpha value is -0.875. The van der Waals surface area contributed by atoms with E-state index < -0.39 is 7.12 Å². The Morgan fingerprint density at radius 2 is 1.86 bits per heavy atom. The smallest absolute Gasteiger partial charge is 0.400 e. The first-order chi connectivity index (χ1) is 9.66. The molecule has 6 heteroatoms. The zero-order valence-electron chi connectivity index (χ0n) is 13.2. The summed E-state index contributed by atoms with van der Waals surface area (Å²) in [5, 5.41) is 0.456. The summed E-state index contributed by atoms with van der Waals surface area (Å²) in [7, 11) is -0.461. The minimum Gasteiger partial charge on any atom is -0.400 e. The van der Waals surface area contributed by atoms with Gasteiger partial charge in [0, 0.05) is 17.8 Å². The van der Waals surface area contributed by atoms with Crippen LogP contribution in [0.25, 0.3) is 6.08 Å². The molecule has 1 aliphatic rings. The topological polar surface area (TPSA) is 57.4 Å². The number of pyridine rings is 1. The fourth-order valence-corrected chi connectivity index (χ4v) is 2.31. The lowest BCUT2D eigenvalue weighted by Gasteiger charge is -2.32. The third kappa shape index (κ3) is 3.32. The van der Waals surface area contributed by atoms with E-state index in [0.717, 1.165) is 16.7 Å². The molecule has 0 radical (unpaired) electrons. The summed E-state index contributed by atoms with van der Waals surface area (Å²) >= 11 is 6.17. The van der Waals surface area contributed by atoms with Gasteiger partial charge in [0.2, 0.25) is 0 Å². The van der Waals surface area contributed by atoms with Gasteiger partial charge in [-0.15, -0.1) is 0 Å². The molecule has 2 rings (SSSR count). The predicted molar refractivity (Wildman–Crippen MR) is 87.1 cm³/mol. The molecule has 114 valence electrons. The van der Waals surface area contributed by atoms with E-state index in [4.69, 9.17) is 26.6 Å². The fraction of sp³-hybridized carbons (Fsp3) is 0.533. The molecule has 1 saturated heterocycles. The number of aromatic nitrogens is 1. The molecule has 0 amide bonds. The summed E-state index contributed by atoms with van der Waals surface area (Å²) < 4.78 is 12.0. The van der Waals surface area contributed by atoms with E-state index in [0.29, 0.717) is 11.7 Å². The third-order valence-electron chi connectivity index (χ3n) is 4.15. The summed E-state index contributed by atoms with van der Waals surface area (Å²) in [5.74, 6) is 0. The Balaban J connectivity index is 2.31. The standard InChI is InChI=1S/C15H22BClN2O2/c1-10-6-7-11(13(17)19-10)8-12(9-18)16-20-14(2,3)15(4,5)21-16/h6-8H,9,18H2,1-5H3. The van der Waals surface area contributed by atoms with Crippen LogP contribution in [0, 0.1) is 6.92 Å². The Morgan fingerprint density at radius 3 is 2.33 bits per heavy atom. The van der Waals surface area contributed by atoms with Gasteiger partial charge in [-0.05, 0) is 46.2 Å². The average molecular weight is 309 g/mol. The normalized spacial score (nSPS) is 20.9. The molecule has 2 heterocycles. The van der Waals surface area contributed by atoms with E-state index in [2.05, 4.69) is 4.98 Å². The second-order valence-electron chi connectivity index (χ2n) is 6.34. The summed E-state index contributed by atoms with van der Waals surface area (Å²) in [4.78, 5) is 4.24. The second-order valence-corrected chi connectivity index (χ2v) is 6.70. The molecule has 21 heavy (non-hydrogen) atoms. The van der Waals surface area contributed by atoms with Gasteiger partial charge in [0.1, 0.15) is 5.15 Å². The average Bonchev–Trinajstić information content (AvgIpc) is 2.57. The van der Waals surface area contributed by atoms with E-state index >= 15 is 0 Å². The second kappa shape index (κ2) is 5.73. The molecule has 1 aliphatic heterocycles. The van der Waals surface area contributed by atoms with Gasteiger partial charge in [-0.1, -0.05) is 23.7 Å². The van der Waals surface area contributed by atoms with Crippen LogP contribution in [0.15, 0.2) is 17.6 Å². The number of nitrogens with zero attached hydrogens (tertiary/aromatic N) is 1. The van der Waals surface area contributed by atoms with Crippen molar-refractivity contribution in [3.8, 4) is 0 Å². The van der Waals surface area contributed by atoms with Crippen LogP contribution in [0.3, 0.4) is 0 Å². The third-order valence-corrected chi connectivity index (χ3v) is 4.45. The summed E-state index contributed by atoms with van der Waals surface area (Å²) in [5.41, 5.74) is 7.63. The lowest BCUT2D eigenvalue weighted by molar-refractivity contribution is 0.00578. The molecule has 0 aromatic carbocycles. The van der Waals surface area contributed by atoms with E-state index in [-0.39, 0.29) is 11.2 Å². The molecule has 0 spiro atoms. The SMILES string of the molecule is Cc1ccc(C=C(CN)B2OC(C)(C)C(C)(C)O2)c(Cl)n1. The molecule has 1 aromatic heterocycles. The first kappa shape index (κ1) is 16.5. The van der Waals surface area contributed by atoms with Crippen LogP contribution in [0.2, 0.25) is 5.15 Å². The van der Waals surface area contributed by atoms with Crippen LogP contribution in [-0.2, 0) is 9.31 Å².